The topological polar surface area (TPSA) is 44.5 Å². The zero-order valence-corrected chi connectivity index (χ0v) is 14.7. The van der Waals surface area contributed by atoms with Gasteiger partial charge in [0.15, 0.2) is 0 Å². The second-order valence-corrected chi connectivity index (χ2v) is 7.88. The molecule has 1 aliphatic rings. The molecule has 0 fully saturated rings. The molecular formula is C14H13Br2NO2S. The molecule has 0 bridgehead atoms. The van der Waals surface area contributed by atoms with Crippen LogP contribution in [-0.4, -0.2) is 7.11 Å². The molecule has 3 nitrogen and oxygen atoms in total. The molecular weight excluding hydrogens is 406 g/mol. The van der Waals surface area contributed by atoms with Gasteiger partial charge in [-0.05, 0) is 56.1 Å². The lowest BCUT2D eigenvalue weighted by atomic mass is 9.96. The van der Waals surface area contributed by atoms with Crippen LogP contribution in [0, 0.1) is 0 Å². The first-order valence-corrected chi connectivity index (χ1v) is 8.53. The van der Waals surface area contributed by atoms with Gasteiger partial charge < -0.3 is 15.2 Å². The number of ether oxygens (including phenoxy) is 2. The summed E-state index contributed by atoms with van der Waals surface area (Å²) in [5.41, 5.74) is 7.30. The first kappa shape index (κ1) is 14.4. The summed E-state index contributed by atoms with van der Waals surface area (Å²) in [6, 6.07) is 7.82. The summed E-state index contributed by atoms with van der Waals surface area (Å²) in [5.74, 6) is 1.65. The van der Waals surface area contributed by atoms with Crippen LogP contribution in [0.2, 0.25) is 0 Å². The van der Waals surface area contributed by atoms with Crippen molar-refractivity contribution in [3.8, 4) is 11.5 Å². The van der Waals surface area contributed by atoms with E-state index in [9.17, 15) is 0 Å². The fourth-order valence-corrected chi connectivity index (χ4v) is 4.44. The van der Waals surface area contributed by atoms with Gasteiger partial charge in [-0.3, -0.25) is 0 Å². The number of thiophene rings is 1. The quantitative estimate of drug-likeness (QED) is 0.761. The number of hydrogen-bond donors (Lipinski definition) is 1. The zero-order valence-electron chi connectivity index (χ0n) is 10.7. The van der Waals surface area contributed by atoms with Crippen LogP contribution in [0.1, 0.15) is 29.0 Å². The van der Waals surface area contributed by atoms with Crippen molar-refractivity contribution in [1.29, 1.82) is 0 Å². The van der Waals surface area contributed by atoms with Gasteiger partial charge in [0.2, 0.25) is 0 Å². The molecule has 20 heavy (non-hydrogen) atoms. The Morgan fingerprint density at radius 2 is 2.15 bits per heavy atom. The Labute approximate surface area is 138 Å². The highest BCUT2D eigenvalue weighted by Gasteiger charge is 2.29. The fourth-order valence-electron chi connectivity index (χ4n) is 2.31. The molecule has 2 N–H and O–H groups in total. The zero-order chi connectivity index (χ0) is 14.3. The van der Waals surface area contributed by atoms with Gasteiger partial charge in [-0.2, -0.15) is 0 Å². The highest BCUT2D eigenvalue weighted by atomic mass is 79.9. The van der Waals surface area contributed by atoms with Crippen molar-refractivity contribution in [3.63, 3.8) is 0 Å². The van der Waals surface area contributed by atoms with Crippen LogP contribution in [0.25, 0.3) is 0 Å². The van der Waals surface area contributed by atoms with E-state index in [0.29, 0.717) is 0 Å². The summed E-state index contributed by atoms with van der Waals surface area (Å²) in [6.07, 6.45) is 0.762. The molecule has 0 spiro atoms. The molecule has 106 valence electrons. The van der Waals surface area contributed by atoms with Crippen LogP contribution in [0.4, 0.5) is 0 Å². The third-order valence-corrected chi connectivity index (χ3v) is 6.68. The van der Waals surface area contributed by atoms with E-state index in [4.69, 9.17) is 15.2 Å². The van der Waals surface area contributed by atoms with Gasteiger partial charge in [0.1, 0.15) is 17.6 Å². The SMILES string of the molecule is COc1ccc2c(c1)[C@H](N)CC(c1cc(Br)c(Br)s1)O2. The monoisotopic (exact) mass is 417 g/mol. The van der Waals surface area contributed by atoms with Crippen LogP contribution in [0.3, 0.4) is 0 Å². The Kier molecular flexibility index (Phi) is 4.08. The van der Waals surface area contributed by atoms with Gasteiger partial charge in [0.25, 0.3) is 0 Å². The Morgan fingerprint density at radius 3 is 2.80 bits per heavy atom. The van der Waals surface area contributed by atoms with E-state index in [2.05, 4.69) is 37.9 Å². The van der Waals surface area contributed by atoms with E-state index in [0.717, 1.165) is 31.7 Å². The number of rotatable bonds is 2. The lowest BCUT2D eigenvalue weighted by Gasteiger charge is -2.30. The van der Waals surface area contributed by atoms with Crippen molar-refractivity contribution in [2.24, 2.45) is 5.73 Å². The van der Waals surface area contributed by atoms with Crippen LogP contribution >= 0.6 is 43.2 Å². The highest BCUT2D eigenvalue weighted by molar-refractivity contribution is 9.13. The molecule has 2 aromatic rings. The van der Waals surface area contributed by atoms with Crippen LogP contribution in [0.15, 0.2) is 32.5 Å². The number of nitrogens with two attached hydrogens (primary N) is 1. The Morgan fingerprint density at radius 1 is 1.35 bits per heavy atom. The molecule has 1 aromatic carbocycles. The van der Waals surface area contributed by atoms with Crippen molar-refractivity contribution >= 4 is 43.2 Å². The van der Waals surface area contributed by atoms with Crippen molar-refractivity contribution in [3.05, 3.63) is 43.0 Å². The summed E-state index contributed by atoms with van der Waals surface area (Å²) in [7, 11) is 1.65. The van der Waals surface area contributed by atoms with E-state index in [-0.39, 0.29) is 12.1 Å². The highest BCUT2D eigenvalue weighted by Crippen LogP contribution is 2.45. The predicted octanol–water partition coefficient (Wildman–Crippen LogP) is 4.81. The van der Waals surface area contributed by atoms with Gasteiger partial charge in [0.05, 0.1) is 10.9 Å². The van der Waals surface area contributed by atoms with E-state index >= 15 is 0 Å². The lowest BCUT2D eigenvalue weighted by molar-refractivity contribution is 0.164. The maximum absolute atomic E-state index is 6.29. The summed E-state index contributed by atoms with van der Waals surface area (Å²) in [6.45, 7) is 0. The number of hydrogen-bond acceptors (Lipinski definition) is 4. The smallest absolute Gasteiger partial charge is 0.135 e. The van der Waals surface area contributed by atoms with Crippen molar-refractivity contribution in [2.75, 3.05) is 7.11 Å². The van der Waals surface area contributed by atoms with Crippen LogP contribution < -0.4 is 15.2 Å². The van der Waals surface area contributed by atoms with E-state index in [1.807, 2.05) is 18.2 Å². The van der Waals surface area contributed by atoms with Crippen LogP contribution in [-0.2, 0) is 0 Å². The number of halogens is 2. The van der Waals surface area contributed by atoms with Crippen molar-refractivity contribution < 1.29 is 9.47 Å². The average molecular weight is 419 g/mol. The Hall–Kier alpha value is -0.560. The maximum Gasteiger partial charge on any atom is 0.135 e. The largest absolute Gasteiger partial charge is 0.497 e. The van der Waals surface area contributed by atoms with Crippen LogP contribution in [0.5, 0.6) is 11.5 Å². The van der Waals surface area contributed by atoms with E-state index < -0.39 is 0 Å². The molecule has 0 saturated carbocycles. The molecule has 0 saturated heterocycles. The van der Waals surface area contributed by atoms with Gasteiger partial charge >= 0.3 is 0 Å². The molecule has 1 aromatic heterocycles. The minimum Gasteiger partial charge on any atom is -0.497 e. The average Bonchev–Trinajstić information content (AvgIpc) is 2.78. The minimum atomic E-state index is -0.0431. The maximum atomic E-state index is 6.29. The molecule has 6 heteroatoms. The van der Waals surface area contributed by atoms with E-state index in [1.165, 1.54) is 4.88 Å². The summed E-state index contributed by atoms with van der Waals surface area (Å²) in [5, 5.41) is 0. The van der Waals surface area contributed by atoms with E-state index in [1.54, 1.807) is 18.4 Å². The second kappa shape index (κ2) is 5.67. The van der Waals surface area contributed by atoms with Crippen molar-refractivity contribution in [2.45, 2.75) is 18.6 Å². The number of benzene rings is 1. The minimum absolute atomic E-state index is 0.00139. The summed E-state index contributed by atoms with van der Waals surface area (Å²) < 4.78 is 13.5. The molecule has 0 amide bonds. The lowest BCUT2D eigenvalue weighted by Crippen LogP contribution is -2.23. The molecule has 1 unspecified atom stereocenters. The molecule has 1 aliphatic heterocycles. The second-order valence-electron chi connectivity index (χ2n) is 4.62. The van der Waals surface area contributed by atoms with Gasteiger partial charge in [0, 0.05) is 27.4 Å². The molecule has 0 aliphatic carbocycles. The molecule has 2 atom stereocenters. The molecule has 0 radical (unpaired) electrons. The van der Waals surface area contributed by atoms with Gasteiger partial charge in [-0.1, -0.05) is 0 Å². The van der Waals surface area contributed by atoms with Crippen molar-refractivity contribution in [1.82, 2.24) is 0 Å². The first-order valence-electron chi connectivity index (χ1n) is 6.13. The number of methoxy groups -OCH3 is 1. The Balaban J connectivity index is 1.92. The summed E-state index contributed by atoms with van der Waals surface area (Å²) in [4.78, 5) is 1.17. The standard InChI is InChI=1S/C14H13Br2NO2S/c1-18-7-2-3-11-8(4-7)10(17)6-12(19-11)13-5-9(15)14(16)20-13/h2-5,10,12H,6,17H2,1H3/t10-,12?/m1/s1. The fraction of sp³-hybridized carbons (Fsp3) is 0.286. The third kappa shape index (κ3) is 2.62. The predicted molar refractivity (Wildman–Crippen MR) is 87.6 cm³/mol. The first-order chi connectivity index (χ1) is 9.58. The molecule has 3 rings (SSSR count). The molecule has 2 heterocycles. The van der Waals surface area contributed by atoms with Gasteiger partial charge in [-0.25, -0.2) is 0 Å². The normalized spacial score (nSPS) is 21.2. The number of fused-ring (bicyclic) bond motifs is 1. The van der Waals surface area contributed by atoms with Gasteiger partial charge in [-0.15, -0.1) is 11.3 Å². The third-order valence-electron chi connectivity index (χ3n) is 3.34. The Bertz CT molecular complexity index is 625. The summed E-state index contributed by atoms with van der Waals surface area (Å²) >= 11 is 8.70.